The van der Waals surface area contributed by atoms with Crippen LogP contribution in [-0.2, 0) is 11.3 Å². The van der Waals surface area contributed by atoms with Gasteiger partial charge < -0.3 is 24.8 Å². The molecule has 0 spiro atoms. The summed E-state index contributed by atoms with van der Waals surface area (Å²) in [5.41, 5.74) is 2.25. The van der Waals surface area contributed by atoms with Gasteiger partial charge in [0.05, 0.1) is 19.3 Å². The van der Waals surface area contributed by atoms with Crippen molar-refractivity contribution in [3.63, 3.8) is 0 Å². The van der Waals surface area contributed by atoms with Gasteiger partial charge in [0.2, 0.25) is 0 Å². The summed E-state index contributed by atoms with van der Waals surface area (Å²) < 4.78 is 16.6. The molecular formula is C21H30N4O3. The van der Waals surface area contributed by atoms with Gasteiger partial charge in [0, 0.05) is 45.5 Å². The molecule has 0 amide bonds. The van der Waals surface area contributed by atoms with Crippen molar-refractivity contribution >= 4 is 5.96 Å². The summed E-state index contributed by atoms with van der Waals surface area (Å²) >= 11 is 0. The van der Waals surface area contributed by atoms with Gasteiger partial charge in [-0.3, -0.25) is 9.98 Å². The van der Waals surface area contributed by atoms with E-state index in [-0.39, 0.29) is 0 Å². The lowest BCUT2D eigenvalue weighted by atomic mass is 10.1. The molecule has 1 heterocycles. The number of nitrogens with zero attached hydrogens (tertiary/aromatic N) is 2. The number of aryl methyl sites for hydroxylation is 1. The normalized spacial score (nSPS) is 11.2. The molecule has 0 bridgehead atoms. The van der Waals surface area contributed by atoms with E-state index in [1.807, 2.05) is 12.1 Å². The third-order valence-electron chi connectivity index (χ3n) is 3.94. The predicted octanol–water partition coefficient (Wildman–Crippen LogP) is 2.55. The Morgan fingerprint density at radius 2 is 2.00 bits per heavy atom. The van der Waals surface area contributed by atoms with E-state index in [1.165, 1.54) is 5.56 Å². The number of rotatable bonds is 11. The number of methoxy groups -OCH3 is 1. The Morgan fingerprint density at radius 1 is 1.11 bits per heavy atom. The molecule has 2 aromatic rings. The first kappa shape index (κ1) is 21.5. The van der Waals surface area contributed by atoms with Gasteiger partial charge in [0.15, 0.2) is 5.96 Å². The second kappa shape index (κ2) is 12.6. The van der Waals surface area contributed by atoms with E-state index in [1.54, 1.807) is 26.6 Å². The van der Waals surface area contributed by atoms with Crippen molar-refractivity contribution in [3.8, 4) is 11.5 Å². The highest BCUT2D eigenvalue weighted by Crippen LogP contribution is 2.20. The van der Waals surface area contributed by atoms with Crippen LogP contribution < -0.4 is 20.1 Å². The number of aromatic nitrogens is 1. The van der Waals surface area contributed by atoms with Crippen LogP contribution in [-0.4, -0.2) is 51.5 Å². The summed E-state index contributed by atoms with van der Waals surface area (Å²) in [5, 5.41) is 6.55. The minimum Gasteiger partial charge on any atom is -0.493 e. The second-order valence-electron chi connectivity index (χ2n) is 6.20. The Hall–Kier alpha value is -2.80. The van der Waals surface area contributed by atoms with Crippen LogP contribution in [0.3, 0.4) is 0 Å². The van der Waals surface area contributed by atoms with Crippen molar-refractivity contribution in [2.75, 3.05) is 40.5 Å². The summed E-state index contributed by atoms with van der Waals surface area (Å²) in [6.07, 6.45) is 4.27. The maximum Gasteiger partial charge on any atom is 0.191 e. The summed E-state index contributed by atoms with van der Waals surface area (Å²) in [4.78, 5) is 8.27. The fraction of sp³-hybridized carbons (Fsp3) is 0.429. The number of hydrogen-bond donors (Lipinski definition) is 2. The fourth-order valence-electron chi connectivity index (χ4n) is 2.50. The van der Waals surface area contributed by atoms with Crippen molar-refractivity contribution in [1.29, 1.82) is 0 Å². The van der Waals surface area contributed by atoms with E-state index in [2.05, 4.69) is 45.7 Å². The van der Waals surface area contributed by atoms with E-state index < -0.39 is 0 Å². The van der Waals surface area contributed by atoms with Crippen LogP contribution >= 0.6 is 0 Å². The average Bonchev–Trinajstić information content (AvgIpc) is 2.72. The Labute approximate surface area is 167 Å². The average molecular weight is 386 g/mol. The molecule has 0 aliphatic heterocycles. The highest BCUT2D eigenvalue weighted by molar-refractivity contribution is 5.79. The van der Waals surface area contributed by atoms with Gasteiger partial charge in [-0.1, -0.05) is 12.1 Å². The number of benzene rings is 1. The largest absolute Gasteiger partial charge is 0.493 e. The zero-order valence-corrected chi connectivity index (χ0v) is 16.9. The Morgan fingerprint density at radius 3 is 2.75 bits per heavy atom. The highest BCUT2D eigenvalue weighted by atomic mass is 16.5. The van der Waals surface area contributed by atoms with Crippen LogP contribution in [0.1, 0.15) is 17.5 Å². The van der Waals surface area contributed by atoms with Gasteiger partial charge in [0.25, 0.3) is 0 Å². The zero-order valence-electron chi connectivity index (χ0n) is 16.9. The van der Waals surface area contributed by atoms with E-state index in [0.717, 1.165) is 23.5 Å². The summed E-state index contributed by atoms with van der Waals surface area (Å²) in [6, 6.07) is 9.94. The molecular weight excluding hydrogens is 356 g/mol. The minimum atomic E-state index is 0.519. The monoisotopic (exact) mass is 386 g/mol. The first-order chi connectivity index (χ1) is 13.7. The number of hydrogen-bond acceptors (Lipinski definition) is 5. The van der Waals surface area contributed by atoms with Gasteiger partial charge in [-0.25, -0.2) is 0 Å². The van der Waals surface area contributed by atoms with E-state index in [9.17, 15) is 0 Å². The lowest BCUT2D eigenvalue weighted by Gasteiger charge is -2.15. The molecule has 2 N–H and O–H groups in total. The Kier molecular flexibility index (Phi) is 9.65. The van der Waals surface area contributed by atoms with Crippen molar-refractivity contribution < 1.29 is 14.2 Å². The Bertz CT molecular complexity index is 723. The molecule has 7 heteroatoms. The third kappa shape index (κ3) is 7.84. The molecule has 0 aliphatic rings. The molecule has 2 rings (SSSR count). The number of nitrogens with one attached hydrogen (secondary N) is 2. The molecule has 0 radical (unpaired) electrons. The molecule has 1 aromatic heterocycles. The standard InChI is InChI=1S/C21H30N4O3/c1-17-7-8-18(20(14-17)28-12-5-11-26-3)15-25-21(22-2)24-10-13-27-19-6-4-9-23-16-19/h4,6-9,14,16H,5,10-13,15H2,1-3H3,(H2,22,24,25). The van der Waals surface area contributed by atoms with Crippen molar-refractivity contribution in [3.05, 3.63) is 53.9 Å². The Balaban J connectivity index is 1.78. The first-order valence-corrected chi connectivity index (χ1v) is 9.41. The first-order valence-electron chi connectivity index (χ1n) is 9.41. The SMILES string of the molecule is CN=C(NCCOc1cccnc1)NCc1ccc(C)cc1OCCCOC. The van der Waals surface area contributed by atoms with Gasteiger partial charge in [0.1, 0.15) is 18.1 Å². The zero-order chi connectivity index (χ0) is 20.0. The lowest BCUT2D eigenvalue weighted by molar-refractivity contribution is 0.171. The number of aliphatic imine (C=N–C) groups is 1. The smallest absolute Gasteiger partial charge is 0.191 e. The summed E-state index contributed by atoms with van der Waals surface area (Å²) in [5.74, 6) is 2.35. The van der Waals surface area contributed by atoms with Gasteiger partial charge in [-0.2, -0.15) is 0 Å². The second-order valence-corrected chi connectivity index (χ2v) is 6.20. The van der Waals surface area contributed by atoms with Gasteiger partial charge in [-0.15, -0.1) is 0 Å². The number of ether oxygens (including phenoxy) is 3. The van der Waals surface area contributed by atoms with Crippen LogP contribution in [0.4, 0.5) is 0 Å². The van der Waals surface area contributed by atoms with E-state index in [4.69, 9.17) is 14.2 Å². The van der Waals surface area contributed by atoms with Crippen molar-refractivity contribution in [2.24, 2.45) is 4.99 Å². The molecule has 0 aliphatic carbocycles. The summed E-state index contributed by atoms with van der Waals surface area (Å²) in [7, 11) is 3.44. The molecule has 152 valence electrons. The van der Waals surface area contributed by atoms with Gasteiger partial charge in [-0.05, 0) is 30.7 Å². The number of guanidine groups is 1. The number of pyridine rings is 1. The van der Waals surface area contributed by atoms with Crippen LogP contribution in [0, 0.1) is 6.92 Å². The maximum atomic E-state index is 5.93. The lowest BCUT2D eigenvalue weighted by Crippen LogP contribution is -2.39. The predicted molar refractivity (Wildman–Crippen MR) is 111 cm³/mol. The minimum absolute atomic E-state index is 0.519. The van der Waals surface area contributed by atoms with E-state index in [0.29, 0.717) is 38.9 Å². The molecule has 28 heavy (non-hydrogen) atoms. The molecule has 0 fully saturated rings. The molecule has 0 unspecified atom stereocenters. The third-order valence-corrected chi connectivity index (χ3v) is 3.94. The van der Waals surface area contributed by atoms with Crippen LogP contribution in [0.2, 0.25) is 0 Å². The van der Waals surface area contributed by atoms with Crippen molar-refractivity contribution in [1.82, 2.24) is 15.6 Å². The molecule has 0 saturated carbocycles. The fourth-order valence-corrected chi connectivity index (χ4v) is 2.50. The van der Waals surface area contributed by atoms with Crippen LogP contribution in [0.15, 0.2) is 47.7 Å². The summed E-state index contributed by atoms with van der Waals surface area (Å²) in [6.45, 7) is 5.14. The highest BCUT2D eigenvalue weighted by Gasteiger charge is 2.06. The molecule has 1 aromatic carbocycles. The molecule has 0 atom stereocenters. The van der Waals surface area contributed by atoms with Crippen LogP contribution in [0.25, 0.3) is 0 Å². The molecule has 0 saturated heterocycles. The van der Waals surface area contributed by atoms with E-state index >= 15 is 0 Å². The molecule has 7 nitrogen and oxygen atoms in total. The van der Waals surface area contributed by atoms with Crippen molar-refractivity contribution in [2.45, 2.75) is 19.9 Å². The maximum absolute atomic E-state index is 5.93. The topological polar surface area (TPSA) is 77.0 Å². The van der Waals surface area contributed by atoms with Gasteiger partial charge >= 0.3 is 0 Å². The van der Waals surface area contributed by atoms with Crippen LogP contribution in [0.5, 0.6) is 11.5 Å². The quantitative estimate of drug-likeness (QED) is 0.351.